The van der Waals surface area contributed by atoms with Crippen molar-refractivity contribution in [1.82, 2.24) is 0 Å². The van der Waals surface area contributed by atoms with Gasteiger partial charge in [0.1, 0.15) is 5.75 Å². The molecule has 0 spiro atoms. The first-order valence-corrected chi connectivity index (χ1v) is 5.67. The molecule has 16 heavy (non-hydrogen) atoms. The highest BCUT2D eigenvalue weighted by atomic mass is 35.5. The van der Waals surface area contributed by atoms with Gasteiger partial charge in [0.2, 0.25) is 5.79 Å². The highest BCUT2D eigenvalue weighted by Gasteiger charge is 2.35. The van der Waals surface area contributed by atoms with E-state index < -0.39 is 5.79 Å². The summed E-state index contributed by atoms with van der Waals surface area (Å²) in [6.45, 7) is 3.75. The van der Waals surface area contributed by atoms with Gasteiger partial charge in [-0.25, -0.2) is 0 Å². The minimum atomic E-state index is -0.710. The van der Waals surface area contributed by atoms with Gasteiger partial charge in [-0.05, 0) is 6.07 Å². The molecule has 88 valence electrons. The SMILES string of the molecule is CC1(C)Oc2c(Cl)cccc2C(CCO)O1. The molecular weight excluding hydrogens is 228 g/mol. The zero-order valence-electron chi connectivity index (χ0n) is 9.37. The van der Waals surface area contributed by atoms with Crippen molar-refractivity contribution in [3.8, 4) is 5.75 Å². The van der Waals surface area contributed by atoms with Crippen LogP contribution in [0.2, 0.25) is 5.02 Å². The molecule has 2 rings (SSSR count). The Morgan fingerprint density at radius 3 is 2.88 bits per heavy atom. The Bertz CT molecular complexity index is 390. The molecule has 0 bridgehead atoms. The molecule has 1 N–H and O–H groups in total. The monoisotopic (exact) mass is 242 g/mol. The number of aliphatic hydroxyl groups is 1. The predicted molar refractivity (Wildman–Crippen MR) is 61.7 cm³/mol. The summed E-state index contributed by atoms with van der Waals surface area (Å²) in [6.07, 6.45) is 0.377. The maximum Gasteiger partial charge on any atom is 0.205 e. The molecule has 1 aliphatic heterocycles. The largest absolute Gasteiger partial charge is 0.461 e. The van der Waals surface area contributed by atoms with Crippen LogP contribution in [0.1, 0.15) is 31.9 Å². The van der Waals surface area contributed by atoms with Crippen molar-refractivity contribution >= 4 is 11.6 Å². The molecule has 1 atom stereocenters. The average Bonchev–Trinajstić information content (AvgIpc) is 2.19. The number of benzene rings is 1. The second-order valence-corrected chi connectivity index (χ2v) is 4.69. The lowest BCUT2D eigenvalue weighted by atomic mass is 10.0. The Labute approximate surface area is 99.9 Å². The Morgan fingerprint density at radius 1 is 1.44 bits per heavy atom. The smallest absolute Gasteiger partial charge is 0.205 e. The molecule has 0 aromatic heterocycles. The van der Waals surface area contributed by atoms with Crippen LogP contribution in [0.4, 0.5) is 0 Å². The second kappa shape index (κ2) is 4.24. The molecular formula is C12H15ClO3. The summed E-state index contributed by atoms with van der Waals surface area (Å²) in [5.41, 5.74) is 0.904. The van der Waals surface area contributed by atoms with Gasteiger partial charge in [-0.15, -0.1) is 0 Å². The zero-order valence-corrected chi connectivity index (χ0v) is 10.1. The lowest BCUT2D eigenvalue weighted by Crippen LogP contribution is -2.38. The van der Waals surface area contributed by atoms with Gasteiger partial charge < -0.3 is 14.6 Å². The third kappa shape index (κ3) is 2.17. The number of aliphatic hydroxyl groups excluding tert-OH is 1. The molecule has 4 heteroatoms. The summed E-state index contributed by atoms with van der Waals surface area (Å²) < 4.78 is 11.4. The fraction of sp³-hybridized carbons (Fsp3) is 0.500. The summed E-state index contributed by atoms with van der Waals surface area (Å²) in [5, 5.41) is 9.61. The number of ether oxygens (including phenoxy) is 2. The van der Waals surface area contributed by atoms with Crippen LogP contribution in [0.5, 0.6) is 5.75 Å². The van der Waals surface area contributed by atoms with Crippen molar-refractivity contribution in [1.29, 1.82) is 0 Å². The Hall–Kier alpha value is -0.770. The fourth-order valence-corrected chi connectivity index (χ4v) is 2.11. The van der Waals surface area contributed by atoms with E-state index in [1.54, 1.807) is 6.07 Å². The van der Waals surface area contributed by atoms with Crippen LogP contribution in [0.3, 0.4) is 0 Å². The third-order valence-corrected chi connectivity index (χ3v) is 2.81. The molecule has 0 radical (unpaired) electrons. The molecule has 1 aromatic rings. The molecule has 0 saturated carbocycles. The van der Waals surface area contributed by atoms with Gasteiger partial charge in [0.15, 0.2) is 0 Å². The lowest BCUT2D eigenvalue weighted by molar-refractivity contribution is -0.209. The van der Waals surface area contributed by atoms with Crippen molar-refractivity contribution in [2.24, 2.45) is 0 Å². The normalized spacial score (nSPS) is 22.4. The lowest BCUT2D eigenvalue weighted by Gasteiger charge is -2.38. The maximum atomic E-state index is 9.03. The number of rotatable bonds is 2. The fourth-order valence-electron chi connectivity index (χ4n) is 1.89. The predicted octanol–water partition coefficient (Wildman–Crippen LogP) is 2.91. The summed E-state index contributed by atoms with van der Waals surface area (Å²) >= 11 is 6.09. The number of para-hydroxylation sites is 1. The quantitative estimate of drug-likeness (QED) is 0.867. The highest BCUT2D eigenvalue weighted by Crippen LogP contribution is 2.43. The van der Waals surface area contributed by atoms with Crippen LogP contribution in [-0.4, -0.2) is 17.5 Å². The van der Waals surface area contributed by atoms with Gasteiger partial charge in [0.05, 0.1) is 11.1 Å². The first kappa shape index (κ1) is 11.7. The van der Waals surface area contributed by atoms with Gasteiger partial charge in [-0.2, -0.15) is 0 Å². The van der Waals surface area contributed by atoms with Gasteiger partial charge >= 0.3 is 0 Å². The number of hydrogen-bond donors (Lipinski definition) is 1. The average molecular weight is 243 g/mol. The molecule has 1 aliphatic rings. The molecule has 1 aromatic carbocycles. The topological polar surface area (TPSA) is 38.7 Å². The summed E-state index contributed by atoms with van der Waals surface area (Å²) in [4.78, 5) is 0. The molecule has 3 nitrogen and oxygen atoms in total. The van der Waals surface area contributed by atoms with E-state index in [4.69, 9.17) is 26.2 Å². The van der Waals surface area contributed by atoms with Crippen molar-refractivity contribution < 1.29 is 14.6 Å². The van der Waals surface area contributed by atoms with Gasteiger partial charge in [-0.1, -0.05) is 23.7 Å². The van der Waals surface area contributed by atoms with Crippen LogP contribution in [0.15, 0.2) is 18.2 Å². The Morgan fingerprint density at radius 2 is 2.19 bits per heavy atom. The number of fused-ring (bicyclic) bond motifs is 1. The maximum absolute atomic E-state index is 9.03. The summed E-state index contributed by atoms with van der Waals surface area (Å²) in [7, 11) is 0. The van der Waals surface area contributed by atoms with E-state index in [2.05, 4.69) is 0 Å². The van der Waals surface area contributed by atoms with E-state index in [0.717, 1.165) is 5.56 Å². The third-order valence-electron chi connectivity index (χ3n) is 2.51. The van der Waals surface area contributed by atoms with Crippen LogP contribution >= 0.6 is 11.6 Å². The summed E-state index contributed by atoms with van der Waals surface area (Å²) in [5.74, 6) is -0.0449. The van der Waals surface area contributed by atoms with Crippen LogP contribution in [0, 0.1) is 0 Å². The minimum Gasteiger partial charge on any atom is -0.461 e. The standard InChI is InChI=1S/C12H15ClO3/c1-12(2)15-10(6-7-14)8-4-3-5-9(13)11(8)16-12/h3-5,10,14H,6-7H2,1-2H3. The van der Waals surface area contributed by atoms with Crippen LogP contribution in [0.25, 0.3) is 0 Å². The zero-order chi connectivity index (χ0) is 11.8. The number of halogens is 1. The number of hydrogen-bond acceptors (Lipinski definition) is 3. The van der Waals surface area contributed by atoms with Crippen molar-refractivity contribution in [2.75, 3.05) is 6.61 Å². The first-order chi connectivity index (χ1) is 7.53. The second-order valence-electron chi connectivity index (χ2n) is 4.28. The van der Waals surface area contributed by atoms with E-state index >= 15 is 0 Å². The Kier molecular flexibility index (Phi) is 3.10. The molecule has 0 fully saturated rings. The first-order valence-electron chi connectivity index (χ1n) is 5.29. The molecule has 0 aliphatic carbocycles. The van der Waals surface area contributed by atoms with Gasteiger partial charge in [-0.3, -0.25) is 0 Å². The molecule has 1 unspecified atom stereocenters. The summed E-state index contributed by atoms with van der Waals surface area (Å²) in [6, 6.07) is 5.56. The van der Waals surface area contributed by atoms with Crippen molar-refractivity contribution in [2.45, 2.75) is 32.2 Å². The van der Waals surface area contributed by atoms with Crippen LogP contribution in [-0.2, 0) is 4.74 Å². The minimum absolute atomic E-state index is 0.0761. The van der Waals surface area contributed by atoms with E-state index in [9.17, 15) is 0 Å². The molecule has 1 heterocycles. The highest BCUT2D eigenvalue weighted by molar-refractivity contribution is 6.32. The van der Waals surface area contributed by atoms with E-state index in [1.807, 2.05) is 26.0 Å². The molecule has 0 saturated heterocycles. The van der Waals surface area contributed by atoms with E-state index in [1.165, 1.54) is 0 Å². The van der Waals surface area contributed by atoms with Crippen molar-refractivity contribution in [3.05, 3.63) is 28.8 Å². The molecule has 0 amide bonds. The van der Waals surface area contributed by atoms with Crippen LogP contribution < -0.4 is 4.74 Å². The van der Waals surface area contributed by atoms with Crippen molar-refractivity contribution in [3.63, 3.8) is 0 Å². The Balaban J connectivity index is 2.42. The van der Waals surface area contributed by atoms with Gasteiger partial charge in [0, 0.05) is 32.4 Å². The van der Waals surface area contributed by atoms with E-state index in [-0.39, 0.29) is 12.7 Å². The van der Waals surface area contributed by atoms with E-state index in [0.29, 0.717) is 17.2 Å². The van der Waals surface area contributed by atoms with Gasteiger partial charge in [0.25, 0.3) is 0 Å².